The lowest BCUT2D eigenvalue weighted by molar-refractivity contribution is -0.142. The summed E-state index contributed by atoms with van der Waals surface area (Å²) in [6.07, 6.45) is 5.23. The van der Waals surface area contributed by atoms with Crippen molar-refractivity contribution in [3.05, 3.63) is 36.0 Å². The molecule has 0 aliphatic rings. The molecule has 3 amide bonds. The van der Waals surface area contributed by atoms with E-state index in [-0.39, 0.29) is 19.3 Å². The Morgan fingerprint density at radius 2 is 1.61 bits per heavy atom. The highest BCUT2D eigenvalue weighted by molar-refractivity contribution is 7.98. The number of benzene rings is 1. The number of hydrogen-bond acceptors (Lipinski definition) is 8. The molecule has 4 unspecified atom stereocenters. The van der Waals surface area contributed by atoms with Gasteiger partial charge in [-0.05, 0) is 55.9 Å². The van der Waals surface area contributed by atoms with Gasteiger partial charge in [0.1, 0.15) is 24.2 Å². The van der Waals surface area contributed by atoms with Gasteiger partial charge in [0.25, 0.3) is 0 Å². The highest BCUT2D eigenvalue weighted by atomic mass is 32.2. The second-order valence-electron chi connectivity index (χ2n) is 8.94. The van der Waals surface area contributed by atoms with Crippen molar-refractivity contribution in [2.24, 2.45) is 11.5 Å². The molecule has 4 atom stereocenters. The van der Waals surface area contributed by atoms with Gasteiger partial charge in [-0.25, -0.2) is 4.79 Å². The van der Waals surface area contributed by atoms with Crippen LogP contribution in [0.2, 0.25) is 0 Å². The molecule has 0 bridgehead atoms. The maximum Gasteiger partial charge on any atom is 0.326 e. The minimum absolute atomic E-state index is 0.0417. The highest BCUT2D eigenvalue weighted by Crippen LogP contribution is 2.19. The van der Waals surface area contributed by atoms with E-state index in [4.69, 9.17) is 16.6 Å². The number of amides is 3. The molecule has 0 saturated carbocycles. The van der Waals surface area contributed by atoms with Crippen molar-refractivity contribution in [1.82, 2.24) is 20.9 Å². The molecule has 1 heterocycles. The quantitative estimate of drug-likeness (QED) is 0.119. The predicted molar refractivity (Wildman–Crippen MR) is 146 cm³/mol. The third-order valence-corrected chi connectivity index (χ3v) is 6.71. The lowest BCUT2D eigenvalue weighted by Gasteiger charge is -2.25. The van der Waals surface area contributed by atoms with Gasteiger partial charge in [0.05, 0.1) is 6.61 Å². The van der Waals surface area contributed by atoms with E-state index in [1.165, 1.54) is 11.8 Å². The van der Waals surface area contributed by atoms with Gasteiger partial charge in [-0.2, -0.15) is 11.8 Å². The molecule has 13 heteroatoms. The first-order chi connectivity index (χ1) is 18.2. The zero-order valence-electron chi connectivity index (χ0n) is 21.4. The number of para-hydroxylation sites is 1. The number of fused-ring (bicyclic) bond motifs is 1. The molecule has 2 rings (SSSR count). The number of nitrogens with two attached hydrogens (primary N) is 2. The van der Waals surface area contributed by atoms with Crippen LogP contribution in [0.3, 0.4) is 0 Å². The Bertz CT molecular complexity index is 1080. The minimum Gasteiger partial charge on any atom is -0.480 e. The van der Waals surface area contributed by atoms with Crippen LogP contribution in [0, 0.1) is 0 Å². The monoisotopic (exact) mass is 550 g/mol. The summed E-state index contributed by atoms with van der Waals surface area (Å²) >= 11 is 1.47. The Morgan fingerprint density at radius 3 is 2.24 bits per heavy atom. The molecule has 0 spiro atoms. The molecule has 0 fully saturated rings. The van der Waals surface area contributed by atoms with Gasteiger partial charge >= 0.3 is 5.97 Å². The van der Waals surface area contributed by atoms with Gasteiger partial charge in [-0.15, -0.1) is 0 Å². The van der Waals surface area contributed by atoms with E-state index in [0.717, 1.165) is 16.5 Å². The summed E-state index contributed by atoms with van der Waals surface area (Å²) in [5.74, 6) is -2.61. The van der Waals surface area contributed by atoms with Crippen LogP contribution >= 0.6 is 11.8 Å². The van der Waals surface area contributed by atoms with Crippen LogP contribution in [0.5, 0.6) is 0 Å². The molecule has 1 aromatic carbocycles. The van der Waals surface area contributed by atoms with Crippen molar-refractivity contribution in [3.8, 4) is 0 Å². The molecule has 10 N–H and O–H groups in total. The number of carbonyl (C=O) groups excluding carboxylic acids is 3. The fourth-order valence-electron chi connectivity index (χ4n) is 3.89. The maximum absolute atomic E-state index is 13.2. The number of aliphatic carboxylic acids is 1. The highest BCUT2D eigenvalue weighted by Gasteiger charge is 2.30. The normalized spacial score (nSPS) is 14.3. The Kier molecular flexibility index (Phi) is 13.1. The number of thioether (sulfide) groups is 1. The van der Waals surface area contributed by atoms with E-state index in [2.05, 4.69) is 20.9 Å². The van der Waals surface area contributed by atoms with E-state index in [1.807, 2.05) is 30.5 Å². The summed E-state index contributed by atoms with van der Waals surface area (Å²) in [6.45, 7) is -0.189. The standard InChI is InChI=1S/C25H38N6O6S/c1-38-11-9-20(29-22(33)17(27)14-32)24(35)30-19(8-4-5-10-26)23(34)31-21(25(36)37)12-15-13-28-18-7-3-2-6-16(15)18/h2-3,6-7,13,17,19-21,28,32H,4-5,8-12,14,26-27H2,1H3,(H,29,33)(H,30,35)(H,31,34)(H,36,37). The summed E-state index contributed by atoms with van der Waals surface area (Å²) in [5, 5.41) is 27.6. The van der Waals surface area contributed by atoms with Crippen molar-refractivity contribution < 1.29 is 29.4 Å². The van der Waals surface area contributed by atoms with Crippen molar-refractivity contribution in [3.63, 3.8) is 0 Å². The number of H-pyrrole nitrogens is 1. The third kappa shape index (κ3) is 9.31. The summed E-state index contributed by atoms with van der Waals surface area (Å²) in [5.41, 5.74) is 12.7. The van der Waals surface area contributed by atoms with Crippen LogP contribution in [0.15, 0.2) is 30.5 Å². The van der Waals surface area contributed by atoms with Gasteiger partial charge in [0.2, 0.25) is 17.7 Å². The summed E-state index contributed by atoms with van der Waals surface area (Å²) in [6, 6.07) is 2.99. The van der Waals surface area contributed by atoms with E-state index in [0.29, 0.717) is 25.1 Å². The van der Waals surface area contributed by atoms with Gasteiger partial charge in [0, 0.05) is 23.5 Å². The molecule has 0 radical (unpaired) electrons. The summed E-state index contributed by atoms with van der Waals surface area (Å²) in [7, 11) is 0. The first-order valence-electron chi connectivity index (χ1n) is 12.5. The third-order valence-electron chi connectivity index (χ3n) is 6.07. The molecule has 0 aliphatic heterocycles. The molecular formula is C25H38N6O6S. The maximum atomic E-state index is 13.2. The van der Waals surface area contributed by atoms with Crippen molar-refractivity contribution in [2.45, 2.75) is 56.3 Å². The van der Waals surface area contributed by atoms with Crippen LogP contribution < -0.4 is 27.4 Å². The molecule has 1 aromatic heterocycles. The summed E-state index contributed by atoms with van der Waals surface area (Å²) in [4.78, 5) is 53.6. The number of carbonyl (C=O) groups is 4. The van der Waals surface area contributed by atoms with Crippen LogP contribution in [-0.2, 0) is 25.6 Å². The zero-order valence-corrected chi connectivity index (χ0v) is 22.3. The van der Waals surface area contributed by atoms with E-state index in [9.17, 15) is 24.3 Å². The lowest BCUT2D eigenvalue weighted by atomic mass is 10.0. The second kappa shape index (κ2) is 16.0. The Hall–Kier alpha value is -3.13. The van der Waals surface area contributed by atoms with Gasteiger partial charge in [0.15, 0.2) is 0 Å². The Balaban J connectivity index is 2.17. The average molecular weight is 551 g/mol. The number of aromatic amines is 1. The molecular weight excluding hydrogens is 512 g/mol. The first kappa shape index (κ1) is 31.1. The van der Waals surface area contributed by atoms with Gasteiger partial charge in [-0.3, -0.25) is 14.4 Å². The number of rotatable bonds is 17. The SMILES string of the molecule is CSCCC(NC(=O)C(N)CO)C(=O)NC(CCCCN)C(=O)NC(Cc1c[nH]c2ccccc12)C(=O)O. The number of aliphatic hydroxyl groups is 1. The topological polar surface area (TPSA) is 213 Å². The predicted octanol–water partition coefficient (Wildman–Crippen LogP) is -0.549. The largest absolute Gasteiger partial charge is 0.480 e. The lowest BCUT2D eigenvalue weighted by Crippen LogP contribution is -2.57. The Morgan fingerprint density at radius 1 is 0.974 bits per heavy atom. The average Bonchev–Trinajstić information content (AvgIpc) is 3.31. The van der Waals surface area contributed by atoms with Crippen molar-refractivity contribution in [1.29, 1.82) is 0 Å². The number of nitrogens with one attached hydrogen (secondary N) is 4. The fraction of sp³-hybridized carbons (Fsp3) is 0.520. The zero-order chi connectivity index (χ0) is 28.1. The summed E-state index contributed by atoms with van der Waals surface area (Å²) < 4.78 is 0. The fourth-order valence-corrected chi connectivity index (χ4v) is 4.36. The van der Waals surface area contributed by atoms with E-state index < -0.39 is 54.5 Å². The Labute approximate surface area is 225 Å². The van der Waals surface area contributed by atoms with E-state index >= 15 is 0 Å². The molecule has 2 aromatic rings. The van der Waals surface area contributed by atoms with Crippen LogP contribution in [0.4, 0.5) is 0 Å². The molecule has 0 aliphatic carbocycles. The number of aromatic nitrogens is 1. The first-order valence-corrected chi connectivity index (χ1v) is 13.9. The molecule has 210 valence electrons. The van der Waals surface area contributed by atoms with Gasteiger partial charge in [-0.1, -0.05) is 18.2 Å². The van der Waals surface area contributed by atoms with Crippen LogP contribution in [-0.4, -0.2) is 88.2 Å². The number of unbranched alkanes of at least 4 members (excludes halogenated alkanes) is 1. The number of hydrogen-bond donors (Lipinski definition) is 8. The van der Waals surface area contributed by atoms with Crippen molar-refractivity contribution >= 4 is 46.4 Å². The number of aliphatic hydroxyl groups excluding tert-OH is 1. The molecule has 38 heavy (non-hydrogen) atoms. The number of carboxylic acid groups (broad SMARTS) is 1. The van der Waals surface area contributed by atoms with Crippen molar-refractivity contribution in [2.75, 3.05) is 25.2 Å². The minimum atomic E-state index is -1.23. The van der Waals surface area contributed by atoms with E-state index in [1.54, 1.807) is 6.20 Å². The van der Waals surface area contributed by atoms with Crippen LogP contribution in [0.25, 0.3) is 10.9 Å². The second-order valence-corrected chi connectivity index (χ2v) is 9.93. The van der Waals surface area contributed by atoms with Gasteiger partial charge < -0.3 is 42.6 Å². The smallest absolute Gasteiger partial charge is 0.326 e. The molecule has 12 nitrogen and oxygen atoms in total. The van der Waals surface area contributed by atoms with Crippen LogP contribution in [0.1, 0.15) is 31.2 Å². The number of carboxylic acids is 1. The molecule has 0 saturated heterocycles.